The molecule has 0 radical (unpaired) electrons. The zero-order chi connectivity index (χ0) is 22.8. The van der Waals surface area contributed by atoms with Gasteiger partial charge in [-0.05, 0) is 56.2 Å². The van der Waals surface area contributed by atoms with E-state index in [9.17, 15) is 22.7 Å². The number of benzene rings is 2. The first-order chi connectivity index (χ1) is 14.6. The molecule has 1 aliphatic heterocycles. The van der Waals surface area contributed by atoms with Crippen LogP contribution >= 0.6 is 11.6 Å². The molecule has 2 aromatic carbocycles. The molecule has 0 bridgehead atoms. The third-order valence-corrected chi connectivity index (χ3v) is 7.25. The number of nitrogens with zero attached hydrogens (tertiary/aromatic N) is 1. The van der Waals surface area contributed by atoms with E-state index >= 15 is 0 Å². The van der Waals surface area contributed by atoms with Crippen molar-refractivity contribution in [1.29, 1.82) is 0 Å². The molecule has 0 aromatic heterocycles. The summed E-state index contributed by atoms with van der Waals surface area (Å²) in [6, 6.07) is 8.10. The van der Waals surface area contributed by atoms with Gasteiger partial charge in [-0.2, -0.15) is 4.31 Å². The molecule has 0 saturated carbocycles. The van der Waals surface area contributed by atoms with E-state index in [1.165, 1.54) is 54.9 Å². The van der Waals surface area contributed by atoms with Gasteiger partial charge in [-0.15, -0.1) is 0 Å². The lowest BCUT2D eigenvalue weighted by atomic mass is 9.87. The molecule has 0 aliphatic carbocycles. The molecule has 1 aliphatic rings. The second kappa shape index (κ2) is 9.09. The summed E-state index contributed by atoms with van der Waals surface area (Å²) < 4.78 is 46.5. The molecular weight excluding hydrogens is 451 g/mol. The second-order valence-electron chi connectivity index (χ2n) is 7.45. The summed E-state index contributed by atoms with van der Waals surface area (Å²) in [6.07, 6.45) is 0.542. The largest absolute Gasteiger partial charge is 0.489 e. The molecule has 31 heavy (non-hydrogen) atoms. The number of rotatable bonds is 6. The fourth-order valence-electron chi connectivity index (χ4n) is 3.55. The van der Waals surface area contributed by atoms with Crippen LogP contribution in [0.3, 0.4) is 0 Å². The molecule has 1 fully saturated rings. The number of sulfonamides is 1. The molecule has 3 N–H and O–H groups in total. The highest BCUT2D eigenvalue weighted by atomic mass is 35.5. The Morgan fingerprint density at radius 3 is 2.61 bits per heavy atom. The lowest BCUT2D eigenvalue weighted by Crippen LogP contribution is -2.62. The van der Waals surface area contributed by atoms with Crippen LogP contribution in [0, 0.1) is 5.82 Å². The van der Waals surface area contributed by atoms with Gasteiger partial charge in [-0.3, -0.25) is 10.0 Å². The van der Waals surface area contributed by atoms with Crippen LogP contribution in [-0.4, -0.2) is 47.1 Å². The van der Waals surface area contributed by atoms with Crippen molar-refractivity contribution in [3.63, 3.8) is 0 Å². The zero-order valence-corrected chi connectivity index (χ0v) is 18.2. The maximum atomic E-state index is 13.9. The normalized spacial score (nSPS) is 22.2. The minimum atomic E-state index is -4.16. The number of aliphatic hydroxyl groups is 1. The van der Waals surface area contributed by atoms with E-state index < -0.39 is 33.4 Å². The Morgan fingerprint density at radius 1 is 1.32 bits per heavy atom. The van der Waals surface area contributed by atoms with E-state index in [4.69, 9.17) is 21.5 Å². The van der Waals surface area contributed by atoms with E-state index in [2.05, 4.69) is 0 Å². The first-order valence-electron chi connectivity index (χ1n) is 9.41. The smallest absolute Gasteiger partial charge is 0.264 e. The van der Waals surface area contributed by atoms with Gasteiger partial charge in [-0.25, -0.2) is 18.3 Å². The van der Waals surface area contributed by atoms with Crippen LogP contribution in [0.15, 0.2) is 47.4 Å². The summed E-state index contributed by atoms with van der Waals surface area (Å²) in [5, 5.41) is 19.8. The van der Waals surface area contributed by atoms with Crippen LogP contribution in [0.4, 0.5) is 4.39 Å². The standard InChI is InChI=1S/C20H22ClFN2O6S/c1-20(26)9-2-10-24(18(20)19(25)23-27)31(28,29)16-7-5-15(6-8-16)30-12-13-3-4-14(21)11-17(13)22/h3-8,11,18,26-27H,2,9-10,12H2,1H3,(H,23,25)/t18-,20+/m0/s1. The molecule has 2 atom stereocenters. The predicted octanol–water partition coefficient (Wildman–Crippen LogP) is 2.47. The van der Waals surface area contributed by atoms with E-state index in [0.717, 1.165) is 4.31 Å². The van der Waals surface area contributed by atoms with Crippen LogP contribution in [0.5, 0.6) is 5.75 Å². The predicted molar refractivity (Wildman–Crippen MR) is 110 cm³/mol. The minimum Gasteiger partial charge on any atom is -0.489 e. The molecular formula is C20H22ClFN2O6S. The van der Waals surface area contributed by atoms with Gasteiger partial charge in [0, 0.05) is 17.1 Å². The number of carbonyl (C=O) groups excluding carboxylic acids is 1. The van der Waals surface area contributed by atoms with Gasteiger partial charge < -0.3 is 9.84 Å². The summed E-state index contributed by atoms with van der Waals surface area (Å²) in [6.45, 7) is 1.27. The summed E-state index contributed by atoms with van der Waals surface area (Å²) in [5.74, 6) is -1.22. The molecule has 2 aromatic rings. The number of ether oxygens (including phenoxy) is 1. The van der Waals surface area contributed by atoms with Gasteiger partial charge in [0.2, 0.25) is 10.0 Å². The van der Waals surface area contributed by atoms with Crippen molar-refractivity contribution in [3.05, 3.63) is 58.9 Å². The quantitative estimate of drug-likeness (QED) is 0.439. The first-order valence-corrected chi connectivity index (χ1v) is 11.2. The van der Waals surface area contributed by atoms with Crippen LogP contribution in [0.2, 0.25) is 5.02 Å². The average molecular weight is 473 g/mol. The summed E-state index contributed by atoms with van der Waals surface area (Å²) in [7, 11) is -4.16. The van der Waals surface area contributed by atoms with Gasteiger partial charge in [0.1, 0.15) is 24.2 Å². The van der Waals surface area contributed by atoms with E-state index in [-0.39, 0.29) is 35.1 Å². The second-order valence-corrected chi connectivity index (χ2v) is 9.78. The van der Waals surface area contributed by atoms with Crippen LogP contribution in [0.25, 0.3) is 0 Å². The Hall–Kier alpha value is -2.24. The van der Waals surface area contributed by atoms with E-state index in [1.807, 2.05) is 0 Å². The van der Waals surface area contributed by atoms with Crippen molar-refractivity contribution in [2.75, 3.05) is 6.54 Å². The molecule has 0 spiro atoms. The van der Waals surface area contributed by atoms with Crippen LogP contribution in [-0.2, 0) is 21.4 Å². The number of halogens is 2. The molecule has 8 nitrogen and oxygen atoms in total. The Morgan fingerprint density at radius 2 is 2.00 bits per heavy atom. The molecule has 3 rings (SSSR count). The summed E-state index contributed by atoms with van der Waals surface area (Å²) in [5.41, 5.74) is 0.0669. The van der Waals surface area contributed by atoms with Crippen molar-refractivity contribution in [2.45, 2.75) is 42.9 Å². The monoisotopic (exact) mass is 472 g/mol. The minimum absolute atomic E-state index is 0.00463. The number of nitrogens with one attached hydrogen (secondary N) is 1. The van der Waals surface area contributed by atoms with Crippen LogP contribution < -0.4 is 10.2 Å². The Balaban J connectivity index is 1.79. The maximum Gasteiger partial charge on any atom is 0.264 e. The summed E-state index contributed by atoms with van der Waals surface area (Å²) >= 11 is 5.72. The van der Waals surface area contributed by atoms with E-state index in [1.54, 1.807) is 0 Å². The Labute approximate surface area is 184 Å². The lowest BCUT2D eigenvalue weighted by Gasteiger charge is -2.42. The number of piperidine rings is 1. The Bertz CT molecular complexity index is 1060. The van der Waals surface area contributed by atoms with Crippen molar-refractivity contribution < 1.29 is 32.7 Å². The third kappa shape index (κ3) is 4.99. The molecule has 1 heterocycles. The van der Waals surface area contributed by atoms with Gasteiger partial charge in [0.05, 0.1) is 10.5 Å². The third-order valence-electron chi connectivity index (χ3n) is 5.14. The number of amides is 1. The molecule has 1 amide bonds. The summed E-state index contributed by atoms with van der Waals surface area (Å²) in [4.78, 5) is 12.0. The fraction of sp³-hybridized carbons (Fsp3) is 0.350. The average Bonchev–Trinajstić information content (AvgIpc) is 2.72. The number of hydrogen-bond acceptors (Lipinski definition) is 6. The molecule has 168 valence electrons. The number of hydrogen-bond donors (Lipinski definition) is 3. The SMILES string of the molecule is C[C@@]1(O)CCCN(S(=O)(=O)c2ccc(OCc3ccc(Cl)cc3F)cc2)[C@H]1C(=O)NO. The molecule has 1 saturated heterocycles. The Kier molecular flexibility index (Phi) is 6.87. The molecule has 11 heteroatoms. The van der Waals surface area contributed by atoms with Crippen molar-refractivity contribution >= 4 is 27.5 Å². The van der Waals surface area contributed by atoms with Gasteiger partial charge in [0.25, 0.3) is 5.91 Å². The fourth-order valence-corrected chi connectivity index (χ4v) is 5.42. The first kappa shape index (κ1) is 23.4. The van der Waals surface area contributed by atoms with Gasteiger partial charge in [-0.1, -0.05) is 17.7 Å². The van der Waals surface area contributed by atoms with Crippen molar-refractivity contribution in [1.82, 2.24) is 9.79 Å². The highest BCUT2D eigenvalue weighted by Crippen LogP contribution is 2.32. The number of hydroxylamine groups is 1. The highest BCUT2D eigenvalue weighted by Gasteiger charge is 2.49. The lowest BCUT2D eigenvalue weighted by molar-refractivity contribution is -0.144. The van der Waals surface area contributed by atoms with Crippen LogP contribution in [0.1, 0.15) is 25.3 Å². The van der Waals surface area contributed by atoms with Gasteiger partial charge >= 0.3 is 0 Å². The highest BCUT2D eigenvalue weighted by molar-refractivity contribution is 7.89. The van der Waals surface area contributed by atoms with Crippen molar-refractivity contribution in [2.24, 2.45) is 0 Å². The van der Waals surface area contributed by atoms with Gasteiger partial charge in [0.15, 0.2) is 0 Å². The maximum absolute atomic E-state index is 13.9. The van der Waals surface area contributed by atoms with E-state index in [0.29, 0.717) is 12.2 Å². The van der Waals surface area contributed by atoms with Crippen molar-refractivity contribution in [3.8, 4) is 5.75 Å². The molecule has 0 unspecified atom stereocenters. The number of carbonyl (C=O) groups is 1. The topological polar surface area (TPSA) is 116 Å². The zero-order valence-electron chi connectivity index (χ0n) is 16.6.